The Kier molecular flexibility index (Phi) is 1.06. The van der Waals surface area contributed by atoms with Crippen LogP contribution in [-0.4, -0.2) is 17.1 Å². The molecule has 56 valence electrons. The summed E-state index contributed by atoms with van der Waals surface area (Å²) in [7, 11) is 0. The summed E-state index contributed by atoms with van der Waals surface area (Å²) < 4.78 is 0. The van der Waals surface area contributed by atoms with E-state index in [2.05, 4.69) is 0 Å². The van der Waals surface area contributed by atoms with E-state index >= 15 is 0 Å². The van der Waals surface area contributed by atoms with Crippen molar-refractivity contribution in [2.75, 3.05) is 0 Å². The van der Waals surface area contributed by atoms with Crippen molar-refractivity contribution in [2.24, 2.45) is 23.5 Å². The lowest BCUT2D eigenvalue weighted by Gasteiger charge is -2.06. The van der Waals surface area contributed by atoms with Crippen molar-refractivity contribution >= 4 is 5.97 Å². The van der Waals surface area contributed by atoms with Gasteiger partial charge in [0.2, 0.25) is 0 Å². The highest BCUT2D eigenvalue weighted by Gasteiger charge is 2.55. The maximum Gasteiger partial charge on any atom is 0.306 e. The van der Waals surface area contributed by atoms with Crippen LogP contribution in [0.25, 0.3) is 0 Å². The molecule has 0 aromatic heterocycles. The van der Waals surface area contributed by atoms with Crippen molar-refractivity contribution in [1.82, 2.24) is 0 Å². The Morgan fingerprint density at radius 2 is 2.10 bits per heavy atom. The molecule has 2 saturated carbocycles. The minimum Gasteiger partial charge on any atom is -0.481 e. The van der Waals surface area contributed by atoms with Crippen LogP contribution < -0.4 is 5.73 Å². The molecule has 2 fully saturated rings. The summed E-state index contributed by atoms with van der Waals surface area (Å²) in [6.07, 6.45) is 1.75. The van der Waals surface area contributed by atoms with Crippen molar-refractivity contribution < 1.29 is 9.90 Å². The fourth-order valence-corrected chi connectivity index (χ4v) is 2.12. The van der Waals surface area contributed by atoms with Gasteiger partial charge in [-0.15, -0.1) is 0 Å². The van der Waals surface area contributed by atoms with E-state index < -0.39 is 5.97 Å². The Morgan fingerprint density at radius 1 is 1.40 bits per heavy atom. The maximum atomic E-state index is 10.5. The molecule has 0 amide bonds. The van der Waals surface area contributed by atoms with Gasteiger partial charge in [-0.1, -0.05) is 0 Å². The van der Waals surface area contributed by atoms with Crippen molar-refractivity contribution in [3.05, 3.63) is 0 Å². The molecule has 10 heavy (non-hydrogen) atoms. The highest BCUT2D eigenvalue weighted by molar-refractivity contribution is 5.71. The van der Waals surface area contributed by atoms with Crippen LogP contribution in [0.15, 0.2) is 0 Å². The maximum absolute atomic E-state index is 10.5. The first-order chi connectivity index (χ1) is 4.70. The van der Waals surface area contributed by atoms with Crippen LogP contribution in [0.4, 0.5) is 0 Å². The zero-order chi connectivity index (χ0) is 7.30. The molecule has 0 saturated heterocycles. The minimum absolute atomic E-state index is 0.125. The van der Waals surface area contributed by atoms with E-state index in [1.54, 1.807) is 0 Å². The van der Waals surface area contributed by atoms with Gasteiger partial charge in [0.05, 0.1) is 5.92 Å². The molecule has 2 aliphatic rings. The van der Waals surface area contributed by atoms with Gasteiger partial charge in [-0.3, -0.25) is 4.79 Å². The van der Waals surface area contributed by atoms with Crippen LogP contribution in [0.3, 0.4) is 0 Å². The molecule has 0 heterocycles. The van der Waals surface area contributed by atoms with Crippen LogP contribution in [-0.2, 0) is 4.79 Å². The van der Waals surface area contributed by atoms with Crippen LogP contribution in [0.5, 0.6) is 0 Å². The van der Waals surface area contributed by atoms with E-state index in [0.717, 1.165) is 6.42 Å². The number of carboxylic acid groups (broad SMARTS) is 1. The number of hydrogen-bond acceptors (Lipinski definition) is 2. The van der Waals surface area contributed by atoms with Crippen LogP contribution in [0.1, 0.15) is 12.8 Å². The van der Waals surface area contributed by atoms with Crippen LogP contribution in [0.2, 0.25) is 0 Å². The van der Waals surface area contributed by atoms with Gasteiger partial charge >= 0.3 is 5.97 Å². The summed E-state index contributed by atoms with van der Waals surface area (Å²) in [5.41, 5.74) is 5.68. The van der Waals surface area contributed by atoms with E-state index in [9.17, 15) is 4.79 Å². The molecule has 3 nitrogen and oxygen atoms in total. The molecule has 3 heteroatoms. The minimum atomic E-state index is -0.652. The van der Waals surface area contributed by atoms with E-state index in [-0.39, 0.29) is 12.0 Å². The predicted molar refractivity (Wildman–Crippen MR) is 35.3 cm³/mol. The molecule has 2 aliphatic carbocycles. The highest BCUT2D eigenvalue weighted by atomic mass is 16.4. The zero-order valence-electron chi connectivity index (χ0n) is 5.66. The van der Waals surface area contributed by atoms with E-state index in [0.29, 0.717) is 18.3 Å². The number of rotatable bonds is 1. The topological polar surface area (TPSA) is 63.3 Å². The largest absolute Gasteiger partial charge is 0.481 e. The number of carbonyl (C=O) groups is 1. The normalized spacial score (nSPS) is 50.5. The van der Waals surface area contributed by atoms with Gasteiger partial charge in [-0.25, -0.2) is 0 Å². The van der Waals surface area contributed by atoms with Gasteiger partial charge < -0.3 is 10.8 Å². The van der Waals surface area contributed by atoms with Gasteiger partial charge in [0.25, 0.3) is 0 Å². The van der Waals surface area contributed by atoms with Gasteiger partial charge in [0, 0.05) is 6.04 Å². The first-order valence-electron chi connectivity index (χ1n) is 3.68. The molecule has 0 unspecified atom stereocenters. The van der Waals surface area contributed by atoms with Crippen LogP contribution in [0, 0.1) is 17.8 Å². The van der Waals surface area contributed by atoms with E-state index in [1.165, 1.54) is 0 Å². The number of fused-ring (bicyclic) bond motifs is 1. The standard InChI is InChI=1S/C7H11NO2/c8-6-2-5(7(9)10)3-1-4(3)6/h3-6H,1-2,8H2,(H,9,10)/t3-,4+,5-,6+/m1/s1. The molecular weight excluding hydrogens is 130 g/mol. The molecule has 0 spiro atoms. The van der Waals surface area contributed by atoms with Gasteiger partial charge in [-0.2, -0.15) is 0 Å². The van der Waals surface area contributed by atoms with Crippen molar-refractivity contribution in [2.45, 2.75) is 18.9 Å². The number of nitrogens with two attached hydrogens (primary N) is 1. The Balaban J connectivity index is 2.08. The van der Waals surface area contributed by atoms with Crippen molar-refractivity contribution in [1.29, 1.82) is 0 Å². The molecule has 0 bridgehead atoms. The Hall–Kier alpha value is -0.570. The lowest BCUT2D eigenvalue weighted by molar-refractivity contribution is -0.142. The second-order valence-corrected chi connectivity index (χ2v) is 3.41. The fourth-order valence-electron chi connectivity index (χ4n) is 2.12. The zero-order valence-corrected chi connectivity index (χ0v) is 5.66. The third-order valence-corrected chi connectivity index (χ3v) is 2.80. The summed E-state index contributed by atoms with van der Waals surface area (Å²) in [6, 6.07) is 0.172. The molecule has 0 aromatic carbocycles. The monoisotopic (exact) mass is 141 g/mol. The van der Waals surface area contributed by atoms with Gasteiger partial charge in [0.15, 0.2) is 0 Å². The lowest BCUT2D eigenvalue weighted by atomic mass is 10.0. The molecule has 4 atom stereocenters. The van der Waals surface area contributed by atoms with Crippen LogP contribution >= 0.6 is 0 Å². The molecular formula is C7H11NO2. The fraction of sp³-hybridized carbons (Fsp3) is 0.857. The number of carboxylic acids is 1. The second kappa shape index (κ2) is 1.72. The molecule has 0 radical (unpaired) electrons. The predicted octanol–water partition coefficient (Wildman–Crippen LogP) is 0.0543. The first-order valence-corrected chi connectivity index (χ1v) is 3.68. The Bertz CT molecular complexity index is 180. The summed E-state index contributed by atoms with van der Waals surface area (Å²) in [5.74, 6) is 0.189. The van der Waals surface area contributed by atoms with Crippen molar-refractivity contribution in [3.8, 4) is 0 Å². The average Bonchev–Trinajstić information content (AvgIpc) is 2.55. The lowest BCUT2D eigenvalue weighted by Crippen LogP contribution is -2.22. The third-order valence-electron chi connectivity index (χ3n) is 2.80. The summed E-state index contributed by atoms with van der Waals surface area (Å²) in [5, 5.41) is 8.67. The molecule has 3 N–H and O–H groups in total. The quantitative estimate of drug-likeness (QED) is 0.542. The van der Waals surface area contributed by atoms with Gasteiger partial charge in [-0.05, 0) is 24.7 Å². The second-order valence-electron chi connectivity index (χ2n) is 3.41. The smallest absolute Gasteiger partial charge is 0.306 e. The Morgan fingerprint density at radius 3 is 2.30 bits per heavy atom. The summed E-state index contributed by atoms with van der Waals surface area (Å²) >= 11 is 0. The number of hydrogen-bond donors (Lipinski definition) is 2. The van der Waals surface area contributed by atoms with Crippen molar-refractivity contribution in [3.63, 3.8) is 0 Å². The summed E-state index contributed by atoms with van der Waals surface area (Å²) in [6.45, 7) is 0. The number of aliphatic carboxylic acids is 1. The van der Waals surface area contributed by atoms with E-state index in [4.69, 9.17) is 10.8 Å². The molecule has 0 aromatic rings. The average molecular weight is 141 g/mol. The third kappa shape index (κ3) is 0.669. The van der Waals surface area contributed by atoms with Gasteiger partial charge in [0.1, 0.15) is 0 Å². The van der Waals surface area contributed by atoms with E-state index in [1.807, 2.05) is 0 Å². The molecule has 0 aliphatic heterocycles. The SMILES string of the molecule is N[C@H]1C[C@@H](C(=O)O)[C@@H]2C[C@@H]21. The summed E-state index contributed by atoms with van der Waals surface area (Å²) in [4.78, 5) is 10.5. The molecule has 2 rings (SSSR count). The first kappa shape index (κ1) is 6.16. The Labute approximate surface area is 59.2 Å². The highest BCUT2D eigenvalue weighted by Crippen LogP contribution is 2.54.